The number of hydrogen-bond donors (Lipinski definition) is 2. The van der Waals surface area contributed by atoms with Crippen molar-refractivity contribution in [1.29, 1.82) is 0 Å². The molecule has 0 bridgehead atoms. The van der Waals surface area contributed by atoms with Gasteiger partial charge in [-0.3, -0.25) is 19.2 Å². The van der Waals surface area contributed by atoms with Crippen molar-refractivity contribution in [2.75, 3.05) is 13.1 Å². The summed E-state index contributed by atoms with van der Waals surface area (Å²) in [6.07, 6.45) is 1.72. The highest BCUT2D eigenvalue weighted by molar-refractivity contribution is 5.72. The van der Waals surface area contributed by atoms with Gasteiger partial charge in [-0.15, -0.1) is 0 Å². The van der Waals surface area contributed by atoms with Crippen molar-refractivity contribution in [3.63, 3.8) is 0 Å². The summed E-state index contributed by atoms with van der Waals surface area (Å²) in [6, 6.07) is 1.72. The maximum Gasteiger partial charge on any atom is 0.317 e. The van der Waals surface area contributed by atoms with Crippen molar-refractivity contribution in [2.45, 2.75) is 6.54 Å². The lowest BCUT2D eigenvalue weighted by Crippen LogP contribution is -2.34. The lowest BCUT2D eigenvalue weighted by Gasteiger charge is -2.16. The van der Waals surface area contributed by atoms with Crippen LogP contribution in [0.3, 0.4) is 0 Å². The highest BCUT2D eigenvalue weighted by Crippen LogP contribution is 2.01. The molecule has 88 valence electrons. The van der Waals surface area contributed by atoms with Gasteiger partial charge in [-0.1, -0.05) is 0 Å². The molecule has 1 heterocycles. The number of aromatic nitrogens is 2. The van der Waals surface area contributed by atoms with Gasteiger partial charge in [0, 0.05) is 19.8 Å². The van der Waals surface area contributed by atoms with E-state index in [0.717, 1.165) is 0 Å². The molecule has 0 unspecified atom stereocenters. The number of carboxylic acids is 2. The fourth-order valence-corrected chi connectivity index (χ4v) is 1.33. The molecule has 1 aromatic rings. The standard InChI is InChI=1S/C9H13N3O4/c1-11-3-2-7(10-11)4-12(5-8(13)14)6-9(15)16/h2-3H,4-6H2,1H3,(H,13,14)(H,15,16). The summed E-state index contributed by atoms with van der Waals surface area (Å²) in [5.41, 5.74) is 0.644. The van der Waals surface area contributed by atoms with Crippen LogP contribution in [0.15, 0.2) is 12.3 Å². The fraction of sp³-hybridized carbons (Fsp3) is 0.444. The summed E-state index contributed by atoms with van der Waals surface area (Å²) in [5, 5.41) is 21.3. The first-order chi connectivity index (χ1) is 7.47. The maximum absolute atomic E-state index is 10.5. The van der Waals surface area contributed by atoms with Crippen LogP contribution in [0.5, 0.6) is 0 Å². The molecular formula is C9H13N3O4. The van der Waals surface area contributed by atoms with Crippen LogP contribution in [0, 0.1) is 0 Å². The van der Waals surface area contributed by atoms with E-state index in [4.69, 9.17) is 10.2 Å². The number of carboxylic acid groups (broad SMARTS) is 2. The minimum atomic E-state index is -1.06. The first-order valence-electron chi connectivity index (χ1n) is 4.62. The summed E-state index contributed by atoms with van der Waals surface area (Å²) in [5.74, 6) is -2.12. The number of rotatable bonds is 6. The average Bonchev–Trinajstić information content (AvgIpc) is 2.48. The lowest BCUT2D eigenvalue weighted by atomic mass is 10.3. The Labute approximate surface area is 91.9 Å². The molecule has 0 aliphatic rings. The van der Waals surface area contributed by atoms with E-state index in [1.54, 1.807) is 24.0 Å². The van der Waals surface area contributed by atoms with E-state index in [-0.39, 0.29) is 19.6 Å². The molecule has 0 atom stereocenters. The Morgan fingerprint density at radius 3 is 2.31 bits per heavy atom. The van der Waals surface area contributed by atoms with E-state index >= 15 is 0 Å². The Bertz CT molecular complexity index is 372. The van der Waals surface area contributed by atoms with Crippen LogP contribution in [-0.2, 0) is 23.2 Å². The fourth-order valence-electron chi connectivity index (χ4n) is 1.33. The zero-order valence-electron chi connectivity index (χ0n) is 8.83. The van der Waals surface area contributed by atoms with Gasteiger partial charge in [0.25, 0.3) is 0 Å². The van der Waals surface area contributed by atoms with Crippen molar-refractivity contribution in [2.24, 2.45) is 7.05 Å². The number of aliphatic carboxylic acids is 2. The molecule has 0 spiro atoms. The Kier molecular flexibility index (Phi) is 4.01. The van der Waals surface area contributed by atoms with Gasteiger partial charge in [-0.2, -0.15) is 5.10 Å². The molecular weight excluding hydrogens is 214 g/mol. The van der Waals surface area contributed by atoms with E-state index in [1.807, 2.05) is 0 Å². The van der Waals surface area contributed by atoms with Crippen LogP contribution in [0.25, 0.3) is 0 Å². The van der Waals surface area contributed by atoms with Crippen LogP contribution < -0.4 is 0 Å². The zero-order valence-corrected chi connectivity index (χ0v) is 8.83. The Morgan fingerprint density at radius 2 is 1.94 bits per heavy atom. The van der Waals surface area contributed by atoms with Crippen molar-refractivity contribution in [3.8, 4) is 0 Å². The van der Waals surface area contributed by atoms with Gasteiger partial charge < -0.3 is 10.2 Å². The van der Waals surface area contributed by atoms with Crippen molar-refractivity contribution in [1.82, 2.24) is 14.7 Å². The van der Waals surface area contributed by atoms with Gasteiger partial charge in [0.15, 0.2) is 0 Å². The van der Waals surface area contributed by atoms with Gasteiger partial charge in [-0.05, 0) is 6.07 Å². The second-order valence-electron chi connectivity index (χ2n) is 3.41. The van der Waals surface area contributed by atoms with Crippen LogP contribution >= 0.6 is 0 Å². The highest BCUT2D eigenvalue weighted by atomic mass is 16.4. The van der Waals surface area contributed by atoms with Crippen molar-refractivity contribution < 1.29 is 19.8 Å². The number of carbonyl (C=O) groups is 2. The molecule has 0 saturated heterocycles. The predicted octanol–water partition coefficient (Wildman–Crippen LogP) is -0.609. The monoisotopic (exact) mass is 227 g/mol. The van der Waals surface area contributed by atoms with Crippen molar-refractivity contribution in [3.05, 3.63) is 18.0 Å². The van der Waals surface area contributed by atoms with E-state index in [1.165, 1.54) is 4.90 Å². The topological polar surface area (TPSA) is 95.7 Å². The summed E-state index contributed by atoms with van der Waals surface area (Å²) < 4.78 is 1.58. The number of hydrogen-bond acceptors (Lipinski definition) is 4. The second-order valence-corrected chi connectivity index (χ2v) is 3.41. The van der Waals surface area contributed by atoms with E-state index in [9.17, 15) is 9.59 Å². The van der Waals surface area contributed by atoms with E-state index in [2.05, 4.69) is 5.10 Å². The van der Waals surface area contributed by atoms with Crippen molar-refractivity contribution >= 4 is 11.9 Å². The van der Waals surface area contributed by atoms with E-state index < -0.39 is 11.9 Å². The van der Waals surface area contributed by atoms with Gasteiger partial charge in [0.05, 0.1) is 18.8 Å². The third-order valence-electron chi connectivity index (χ3n) is 1.87. The molecule has 0 aromatic carbocycles. The van der Waals surface area contributed by atoms with Crippen LogP contribution in [0.2, 0.25) is 0 Å². The summed E-state index contributed by atoms with van der Waals surface area (Å²) in [6.45, 7) is -0.425. The normalized spacial score (nSPS) is 10.6. The molecule has 0 aliphatic carbocycles. The molecule has 7 heteroatoms. The Morgan fingerprint density at radius 1 is 1.38 bits per heavy atom. The van der Waals surface area contributed by atoms with E-state index in [0.29, 0.717) is 5.69 Å². The van der Waals surface area contributed by atoms with Crippen LogP contribution in [-0.4, -0.2) is 49.9 Å². The quantitative estimate of drug-likeness (QED) is 0.673. The number of aryl methyl sites for hydroxylation is 1. The van der Waals surface area contributed by atoms with Gasteiger partial charge in [-0.25, -0.2) is 0 Å². The summed E-state index contributed by atoms with van der Waals surface area (Å²) >= 11 is 0. The second kappa shape index (κ2) is 5.26. The third-order valence-corrected chi connectivity index (χ3v) is 1.87. The molecule has 0 aliphatic heterocycles. The molecule has 0 saturated carbocycles. The SMILES string of the molecule is Cn1ccc(CN(CC(=O)O)CC(=O)O)n1. The van der Waals surface area contributed by atoms with Crippen LogP contribution in [0.4, 0.5) is 0 Å². The minimum absolute atomic E-state index is 0.208. The zero-order chi connectivity index (χ0) is 12.1. The summed E-state index contributed by atoms with van der Waals surface area (Å²) in [7, 11) is 1.74. The summed E-state index contributed by atoms with van der Waals surface area (Å²) in [4.78, 5) is 22.4. The smallest absolute Gasteiger partial charge is 0.317 e. The predicted molar refractivity (Wildman–Crippen MR) is 53.8 cm³/mol. The average molecular weight is 227 g/mol. The largest absolute Gasteiger partial charge is 0.480 e. The molecule has 2 N–H and O–H groups in total. The van der Waals surface area contributed by atoms with Gasteiger partial charge in [0.1, 0.15) is 0 Å². The van der Waals surface area contributed by atoms with Gasteiger partial charge >= 0.3 is 11.9 Å². The Balaban J connectivity index is 2.62. The molecule has 0 amide bonds. The molecule has 1 aromatic heterocycles. The molecule has 7 nitrogen and oxygen atoms in total. The molecule has 16 heavy (non-hydrogen) atoms. The first kappa shape index (κ1) is 12.2. The molecule has 0 fully saturated rings. The highest BCUT2D eigenvalue weighted by Gasteiger charge is 2.14. The third kappa shape index (κ3) is 4.09. The maximum atomic E-state index is 10.5. The van der Waals surface area contributed by atoms with Gasteiger partial charge in [0.2, 0.25) is 0 Å². The molecule has 0 radical (unpaired) electrons. The van der Waals surface area contributed by atoms with Crippen LogP contribution in [0.1, 0.15) is 5.69 Å². The number of nitrogens with zero attached hydrogens (tertiary/aromatic N) is 3. The first-order valence-corrected chi connectivity index (χ1v) is 4.62. The minimum Gasteiger partial charge on any atom is -0.480 e. The lowest BCUT2D eigenvalue weighted by molar-refractivity contribution is -0.142. The Hall–Kier alpha value is -1.89. The molecule has 1 rings (SSSR count).